The van der Waals surface area contributed by atoms with Gasteiger partial charge in [-0.25, -0.2) is 0 Å². The molecule has 0 aliphatic heterocycles. The summed E-state index contributed by atoms with van der Waals surface area (Å²) in [6, 6.07) is 7.38. The van der Waals surface area contributed by atoms with Gasteiger partial charge in [0.15, 0.2) is 0 Å². The van der Waals surface area contributed by atoms with E-state index in [1.807, 2.05) is 23.1 Å². The molecule has 0 unspecified atom stereocenters. The maximum absolute atomic E-state index is 13.4. The molecule has 29 heavy (non-hydrogen) atoms. The van der Waals surface area contributed by atoms with Crippen LogP contribution >= 0.6 is 11.6 Å². The lowest BCUT2D eigenvalue weighted by Crippen LogP contribution is -2.53. The van der Waals surface area contributed by atoms with E-state index in [-0.39, 0.29) is 12.5 Å². The van der Waals surface area contributed by atoms with Crippen molar-refractivity contribution in [1.82, 2.24) is 15.5 Å². The zero-order chi connectivity index (χ0) is 20.3. The second-order valence-corrected chi connectivity index (χ2v) is 9.94. The topological polar surface area (TPSA) is 64.6 Å². The normalized spacial score (nSPS) is 29.9. The van der Waals surface area contributed by atoms with Gasteiger partial charge in [-0.15, -0.1) is 0 Å². The Balaban J connectivity index is 1.45. The first-order valence-corrected chi connectivity index (χ1v) is 11.5. The number of halogens is 1. The minimum absolute atomic E-state index is 0.0298. The van der Waals surface area contributed by atoms with Crippen molar-refractivity contribution in [3.05, 3.63) is 34.9 Å². The molecule has 4 saturated carbocycles. The largest absolute Gasteiger partial charge is 0.395 e. The number of rotatable bonds is 10. The van der Waals surface area contributed by atoms with Gasteiger partial charge in [0.1, 0.15) is 0 Å². The molecule has 160 valence electrons. The molecule has 3 N–H and O–H groups in total. The Morgan fingerprint density at radius 2 is 1.66 bits per heavy atom. The maximum Gasteiger partial charge on any atom is 0.256 e. The standard InChI is InChI=1S/C23H34ClN3O2/c24-21-4-2-1-3-20(21)22(29)27(16-26-6-5-25-7-8-28)15-23-12-17-9-18(13-23)11-19(10-17)14-23/h1-4,17-19,25-26,28H,5-16H2. The molecule has 0 saturated heterocycles. The smallest absolute Gasteiger partial charge is 0.256 e. The fourth-order valence-electron chi connectivity index (χ4n) is 6.49. The van der Waals surface area contributed by atoms with Crippen LogP contribution in [0.5, 0.6) is 0 Å². The molecule has 1 amide bonds. The second-order valence-electron chi connectivity index (χ2n) is 9.53. The summed E-state index contributed by atoms with van der Waals surface area (Å²) in [5.41, 5.74) is 0.891. The molecular formula is C23H34ClN3O2. The van der Waals surface area contributed by atoms with Gasteiger partial charge in [0.25, 0.3) is 5.91 Å². The van der Waals surface area contributed by atoms with Crippen molar-refractivity contribution in [2.24, 2.45) is 23.2 Å². The first-order chi connectivity index (χ1) is 14.1. The molecule has 1 aromatic carbocycles. The number of benzene rings is 1. The van der Waals surface area contributed by atoms with Gasteiger partial charge in [0.2, 0.25) is 0 Å². The third-order valence-corrected chi connectivity index (χ3v) is 7.48. The summed E-state index contributed by atoms with van der Waals surface area (Å²) in [4.78, 5) is 15.4. The predicted octanol–water partition coefficient (Wildman–Crippen LogP) is 3.13. The number of aliphatic hydroxyl groups excluding tert-OH is 1. The molecule has 0 radical (unpaired) electrons. The number of aliphatic hydroxyl groups is 1. The quantitative estimate of drug-likeness (QED) is 0.402. The highest BCUT2D eigenvalue weighted by molar-refractivity contribution is 6.33. The van der Waals surface area contributed by atoms with E-state index < -0.39 is 0 Å². The number of carbonyl (C=O) groups is 1. The Bertz CT molecular complexity index is 676. The SMILES string of the molecule is O=C(c1ccccc1Cl)N(CNCCNCCO)CC12CC3CC(CC(C3)C1)C2. The van der Waals surface area contributed by atoms with Gasteiger partial charge in [-0.05, 0) is 73.8 Å². The summed E-state index contributed by atoms with van der Waals surface area (Å²) < 4.78 is 0. The maximum atomic E-state index is 13.4. The predicted molar refractivity (Wildman–Crippen MR) is 116 cm³/mol. The molecule has 4 aliphatic rings. The average Bonchev–Trinajstić information content (AvgIpc) is 2.68. The van der Waals surface area contributed by atoms with Gasteiger partial charge in [-0.1, -0.05) is 23.7 Å². The molecule has 0 aromatic heterocycles. The fourth-order valence-corrected chi connectivity index (χ4v) is 6.70. The van der Waals surface area contributed by atoms with Crippen molar-refractivity contribution < 1.29 is 9.90 Å². The lowest BCUT2D eigenvalue weighted by Gasteiger charge is -2.57. The van der Waals surface area contributed by atoms with Gasteiger partial charge in [-0.3, -0.25) is 10.1 Å². The van der Waals surface area contributed by atoms with Gasteiger partial charge in [0.05, 0.1) is 23.9 Å². The molecule has 4 aliphatic carbocycles. The number of carbonyl (C=O) groups excluding carboxylic acids is 1. The molecule has 5 nitrogen and oxygen atoms in total. The van der Waals surface area contributed by atoms with Crippen molar-refractivity contribution in [2.45, 2.75) is 38.5 Å². The molecule has 0 spiro atoms. The first-order valence-electron chi connectivity index (χ1n) is 11.1. The van der Waals surface area contributed by atoms with Crippen LogP contribution in [0.3, 0.4) is 0 Å². The Kier molecular flexibility index (Phi) is 6.80. The summed E-state index contributed by atoms with van der Waals surface area (Å²) in [7, 11) is 0. The minimum atomic E-state index is 0.0298. The van der Waals surface area contributed by atoms with Crippen molar-refractivity contribution in [3.8, 4) is 0 Å². The Labute approximate surface area is 179 Å². The van der Waals surface area contributed by atoms with Gasteiger partial charge >= 0.3 is 0 Å². The average molecular weight is 420 g/mol. The van der Waals surface area contributed by atoms with E-state index in [1.54, 1.807) is 6.07 Å². The van der Waals surface area contributed by atoms with Crippen molar-refractivity contribution >= 4 is 17.5 Å². The molecule has 1 aromatic rings. The monoisotopic (exact) mass is 419 g/mol. The van der Waals surface area contributed by atoms with Crippen LogP contribution in [0, 0.1) is 23.2 Å². The summed E-state index contributed by atoms with van der Waals surface area (Å²) in [6.45, 7) is 3.63. The summed E-state index contributed by atoms with van der Waals surface area (Å²) in [5, 5.41) is 16.0. The first kappa shape index (κ1) is 21.1. The van der Waals surface area contributed by atoms with Gasteiger partial charge < -0.3 is 15.3 Å². The van der Waals surface area contributed by atoms with E-state index in [0.29, 0.717) is 29.2 Å². The fraction of sp³-hybridized carbons (Fsp3) is 0.696. The molecule has 0 heterocycles. The summed E-state index contributed by atoms with van der Waals surface area (Å²) in [5.74, 6) is 2.64. The Morgan fingerprint density at radius 3 is 2.28 bits per heavy atom. The van der Waals surface area contributed by atoms with Crippen LogP contribution < -0.4 is 10.6 Å². The number of hydrogen-bond donors (Lipinski definition) is 3. The Hall–Kier alpha value is -1.14. The van der Waals surface area contributed by atoms with E-state index in [4.69, 9.17) is 16.7 Å². The van der Waals surface area contributed by atoms with Crippen LogP contribution in [0.4, 0.5) is 0 Å². The van der Waals surface area contributed by atoms with Crippen LogP contribution in [0.2, 0.25) is 5.02 Å². The van der Waals surface area contributed by atoms with Crippen molar-refractivity contribution in [1.29, 1.82) is 0 Å². The summed E-state index contributed by atoms with van der Waals surface area (Å²) >= 11 is 6.36. The van der Waals surface area contributed by atoms with E-state index in [2.05, 4.69) is 10.6 Å². The zero-order valence-corrected chi connectivity index (χ0v) is 18.0. The highest BCUT2D eigenvalue weighted by atomic mass is 35.5. The Morgan fingerprint density at radius 1 is 1.03 bits per heavy atom. The highest BCUT2D eigenvalue weighted by Crippen LogP contribution is 2.60. The van der Waals surface area contributed by atoms with Crippen LogP contribution in [0.15, 0.2) is 24.3 Å². The molecular weight excluding hydrogens is 386 g/mol. The molecule has 4 bridgehead atoms. The van der Waals surface area contributed by atoms with E-state index in [9.17, 15) is 4.79 Å². The van der Waals surface area contributed by atoms with Gasteiger partial charge in [-0.2, -0.15) is 0 Å². The number of nitrogens with one attached hydrogen (secondary N) is 2. The lowest BCUT2D eigenvalue weighted by molar-refractivity contribution is -0.0659. The van der Waals surface area contributed by atoms with Crippen LogP contribution in [0.1, 0.15) is 48.9 Å². The van der Waals surface area contributed by atoms with Gasteiger partial charge in [0, 0.05) is 26.2 Å². The van der Waals surface area contributed by atoms with Crippen molar-refractivity contribution in [2.75, 3.05) is 39.5 Å². The summed E-state index contributed by atoms with van der Waals surface area (Å²) in [6.07, 6.45) is 8.07. The number of nitrogens with zero attached hydrogens (tertiary/aromatic N) is 1. The highest BCUT2D eigenvalue weighted by Gasteiger charge is 2.51. The van der Waals surface area contributed by atoms with Crippen molar-refractivity contribution in [3.63, 3.8) is 0 Å². The molecule has 4 fully saturated rings. The molecule has 6 heteroatoms. The number of amides is 1. The van der Waals surface area contributed by atoms with Crippen LogP contribution in [-0.2, 0) is 0 Å². The van der Waals surface area contributed by atoms with E-state index >= 15 is 0 Å². The third-order valence-electron chi connectivity index (χ3n) is 7.15. The third kappa shape index (κ3) is 4.96. The zero-order valence-electron chi connectivity index (χ0n) is 17.2. The lowest BCUT2D eigenvalue weighted by atomic mass is 9.49. The second kappa shape index (κ2) is 9.34. The molecule has 0 atom stereocenters. The van der Waals surface area contributed by atoms with E-state index in [0.717, 1.165) is 37.4 Å². The van der Waals surface area contributed by atoms with Crippen LogP contribution in [-0.4, -0.2) is 55.4 Å². The van der Waals surface area contributed by atoms with E-state index in [1.165, 1.54) is 38.5 Å². The number of hydrogen-bond acceptors (Lipinski definition) is 4. The van der Waals surface area contributed by atoms with Crippen LogP contribution in [0.25, 0.3) is 0 Å². The molecule has 5 rings (SSSR count). The minimum Gasteiger partial charge on any atom is -0.395 e.